The molecule has 0 saturated heterocycles. The van der Waals surface area contributed by atoms with E-state index in [2.05, 4.69) is 11.1 Å². The predicted molar refractivity (Wildman–Crippen MR) is 98.9 cm³/mol. The summed E-state index contributed by atoms with van der Waals surface area (Å²) in [4.78, 5) is 5.10. The maximum absolute atomic E-state index is 9.58. The lowest BCUT2D eigenvalue weighted by Gasteiger charge is -2.09. The molecule has 7 heteroatoms. The largest absolute Gasteiger partial charge is 0.497 e. The molecule has 0 amide bonds. The highest BCUT2D eigenvalue weighted by Gasteiger charge is 2.17. The minimum Gasteiger partial charge on any atom is -0.497 e. The summed E-state index contributed by atoms with van der Waals surface area (Å²) in [6.45, 7) is 1.92. The minimum absolute atomic E-state index is 0.0532. The van der Waals surface area contributed by atoms with E-state index in [0.717, 1.165) is 21.5 Å². The van der Waals surface area contributed by atoms with E-state index in [1.54, 1.807) is 11.5 Å². The first-order valence-electron chi connectivity index (χ1n) is 7.84. The monoisotopic (exact) mass is 362 g/mol. The SMILES string of the molecule is COc1ccc2c(c1)sc1nc(Oc3ccccc3C)c(C#N)c(=N)n12. The van der Waals surface area contributed by atoms with E-state index in [-0.39, 0.29) is 16.9 Å². The van der Waals surface area contributed by atoms with Gasteiger partial charge in [0.15, 0.2) is 16.0 Å². The number of hydrogen-bond donors (Lipinski definition) is 1. The van der Waals surface area contributed by atoms with Crippen molar-refractivity contribution in [3.63, 3.8) is 0 Å². The number of aromatic nitrogens is 2. The molecule has 0 fully saturated rings. The van der Waals surface area contributed by atoms with Crippen LogP contribution in [-0.2, 0) is 0 Å². The number of para-hydroxylation sites is 1. The molecule has 2 aromatic heterocycles. The molecule has 128 valence electrons. The maximum Gasteiger partial charge on any atom is 0.243 e. The lowest BCUT2D eigenvalue weighted by Crippen LogP contribution is -2.18. The Balaban J connectivity index is 1.97. The fraction of sp³-hybridized carbons (Fsp3) is 0.105. The molecule has 0 spiro atoms. The number of thiazole rings is 1. The number of hydrogen-bond acceptors (Lipinski definition) is 6. The Morgan fingerprint density at radius 3 is 2.77 bits per heavy atom. The van der Waals surface area contributed by atoms with Crippen LogP contribution in [0.5, 0.6) is 17.4 Å². The summed E-state index contributed by atoms with van der Waals surface area (Å²) in [5.41, 5.74) is 1.89. The van der Waals surface area contributed by atoms with Gasteiger partial charge in [-0.1, -0.05) is 29.5 Å². The normalized spacial score (nSPS) is 10.8. The van der Waals surface area contributed by atoms with Crippen LogP contribution in [0, 0.1) is 23.7 Å². The van der Waals surface area contributed by atoms with E-state index in [1.807, 2.05) is 49.4 Å². The molecule has 0 bridgehead atoms. The summed E-state index contributed by atoms with van der Waals surface area (Å²) >= 11 is 1.42. The Hall–Kier alpha value is -3.37. The molecule has 6 nitrogen and oxygen atoms in total. The van der Waals surface area contributed by atoms with Gasteiger partial charge in [0.25, 0.3) is 0 Å². The van der Waals surface area contributed by atoms with Crippen molar-refractivity contribution in [2.45, 2.75) is 6.92 Å². The molecule has 0 aliphatic heterocycles. The Kier molecular flexibility index (Phi) is 3.82. The molecule has 1 N–H and O–H groups in total. The van der Waals surface area contributed by atoms with Gasteiger partial charge in [0.05, 0.1) is 17.3 Å². The highest BCUT2D eigenvalue weighted by atomic mass is 32.1. The Morgan fingerprint density at radius 1 is 1.23 bits per heavy atom. The number of ether oxygens (including phenoxy) is 2. The van der Waals surface area contributed by atoms with Crippen molar-refractivity contribution < 1.29 is 9.47 Å². The highest BCUT2D eigenvalue weighted by Crippen LogP contribution is 2.31. The van der Waals surface area contributed by atoms with Crippen LogP contribution in [-0.4, -0.2) is 16.5 Å². The van der Waals surface area contributed by atoms with Crippen LogP contribution in [0.1, 0.15) is 11.1 Å². The van der Waals surface area contributed by atoms with Crippen molar-refractivity contribution in [1.29, 1.82) is 10.7 Å². The van der Waals surface area contributed by atoms with Crippen LogP contribution >= 0.6 is 11.3 Å². The van der Waals surface area contributed by atoms with Gasteiger partial charge < -0.3 is 9.47 Å². The van der Waals surface area contributed by atoms with Crippen LogP contribution in [0.3, 0.4) is 0 Å². The van der Waals surface area contributed by atoms with E-state index in [0.29, 0.717) is 10.7 Å². The van der Waals surface area contributed by atoms with E-state index in [4.69, 9.17) is 14.9 Å². The molecule has 2 heterocycles. The van der Waals surface area contributed by atoms with Gasteiger partial charge in [0, 0.05) is 0 Å². The number of nitrogens with one attached hydrogen (secondary N) is 1. The maximum atomic E-state index is 9.58. The van der Waals surface area contributed by atoms with Gasteiger partial charge in [0.1, 0.15) is 17.6 Å². The van der Waals surface area contributed by atoms with Gasteiger partial charge in [-0.2, -0.15) is 10.2 Å². The van der Waals surface area contributed by atoms with E-state index < -0.39 is 0 Å². The van der Waals surface area contributed by atoms with Crippen LogP contribution < -0.4 is 15.0 Å². The second-order valence-electron chi connectivity index (χ2n) is 5.67. The summed E-state index contributed by atoms with van der Waals surface area (Å²) < 4.78 is 13.7. The van der Waals surface area contributed by atoms with Gasteiger partial charge in [0.2, 0.25) is 5.88 Å². The molecule has 26 heavy (non-hydrogen) atoms. The molecular formula is C19H14N4O2S. The van der Waals surface area contributed by atoms with E-state index in [1.165, 1.54) is 11.3 Å². The standard InChI is InChI=1S/C19H14N4O2S/c1-11-5-3-4-6-15(11)25-18-13(10-20)17(21)23-14-8-7-12(24-2)9-16(14)26-19(23)22-18/h3-9,21H,1-2H3. The Bertz CT molecular complexity index is 1250. The molecule has 2 aromatic carbocycles. The highest BCUT2D eigenvalue weighted by molar-refractivity contribution is 7.23. The lowest BCUT2D eigenvalue weighted by atomic mass is 10.2. The topological polar surface area (TPSA) is 83.4 Å². The van der Waals surface area contributed by atoms with Gasteiger partial charge in [-0.15, -0.1) is 0 Å². The number of nitrogens with zero attached hydrogens (tertiary/aromatic N) is 3. The first-order chi connectivity index (χ1) is 12.6. The first kappa shape index (κ1) is 16.1. The lowest BCUT2D eigenvalue weighted by molar-refractivity contribution is 0.415. The second kappa shape index (κ2) is 6.17. The zero-order valence-electron chi connectivity index (χ0n) is 14.1. The number of aryl methyl sites for hydroxylation is 1. The summed E-state index contributed by atoms with van der Waals surface area (Å²) in [6, 6.07) is 15.1. The molecular weight excluding hydrogens is 348 g/mol. The molecule has 4 rings (SSSR count). The average molecular weight is 362 g/mol. The Morgan fingerprint density at radius 2 is 2.04 bits per heavy atom. The Labute approximate surface area is 153 Å². The zero-order valence-corrected chi connectivity index (χ0v) is 14.9. The van der Waals surface area contributed by atoms with Gasteiger partial charge in [-0.3, -0.25) is 9.81 Å². The minimum atomic E-state index is 0.0532. The van der Waals surface area contributed by atoms with Crippen LogP contribution in [0.2, 0.25) is 0 Å². The molecule has 0 aliphatic carbocycles. The van der Waals surface area contributed by atoms with Crippen LogP contribution in [0.15, 0.2) is 42.5 Å². The third-order valence-electron chi connectivity index (χ3n) is 4.08. The van der Waals surface area contributed by atoms with Crippen LogP contribution in [0.25, 0.3) is 15.2 Å². The van der Waals surface area contributed by atoms with Gasteiger partial charge in [-0.25, -0.2) is 0 Å². The number of rotatable bonds is 3. The third kappa shape index (κ3) is 2.48. The third-order valence-corrected chi connectivity index (χ3v) is 5.09. The second-order valence-corrected chi connectivity index (χ2v) is 6.68. The van der Waals surface area contributed by atoms with Crippen LogP contribution in [0.4, 0.5) is 0 Å². The molecule has 4 aromatic rings. The number of nitriles is 1. The number of methoxy groups -OCH3 is 1. The summed E-state index contributed by atoms with van der Waals surface area (Å²) in [7, 11) is 1.61. The summed E-state index contributed by atoms with van der Waals surface area (Å²) in [6.07, 6.45) is 0. The fourth-order valence-electron chi connectivity index (χ4n) is 2.73. The zero-order chi connectivity index (χ0) is 18.3. The van der Waals surface area contributed by atoms with Crippen molar-refractivity contribution in [3.8, 4) is 23.4 Å². The van der Waals surface area contributed by atoms with Crippen molar-refractivity contribution in [1.82, 2.24) is 9.38 Å². The molecule has 0 saturated carbocycles. The predicted octanol–water partition coefficient (Wildman–Crippen LogP) is 4.01. The van der Waals surface area contributed by atoms with Crippen molar-refractivity contribution in [2.75, 3.05) is 7.11 Å². The smallest absolute Gasteiger partial charge is 0.243 e. The van der Waals surface area contributed by atoms with Crippen molar-refractivity contribution >= 4 is 26.5 Å². The number of benzene rings is 2. The van der Waals surface area contributed by atoms with Gasteiger partial charge >= 0.3 is 0 Å². The average Bonchev–Trinajstić information content (AvgIpc) is 3.01. The fourth-order valence-corrected chi connectivity index (χ4v) is 3.77. The quantitative estimate of drug-likeness (QED) is 0.597. The molecule has 0 radical (unpaired) electrons. The van der Waals surface area contributed by atoms with Crippen molar-refractivity contribution in [2.24, 2.45) is 0 Å². The van der Waals surface area contributed by atoms with Gasteiger partial charge in [-0.05, 0) is 36.8 Å². The van der Waals surface area contributed by atoms with E-state index in [9.17, 15) is 5.26 Å². The summed E-state index contributed by atoms with van der Waals surface area (Å²) in [5, 5.41) is 18.1. The summed E-state index contributed by atoms with van der Waals surface area (Å²) in [5.74, 6) is 1.49. The first-order valence-corrected chi connectivity index (χ1v) is 8.65. The van der Waals surface area contributed by atoms with Crippen molar-refractivity contribution in [3.05, 3.63) is 59.1 Å². The molecule has 0 unspecified atom stereocenters. The molecule has 0 atom stereocenters. The number of fused-ring (bicyclic) bond motifs is 3. The molecule has 0 aliphatic rings. The van der Waals surface area contributed by atoms with E-state index >= 15 is 0 Å².